The monoisotopic (exact) mass is 270 g/mol. The predicted molar refractivity (Wildman–Crippen MR) is 74.2 cm³/mol. The van der Waals surface area contributed by atoms with Crippen LogP contribution in [0.2, 0.25) is 5.02 Å². The number of hydrogen-bond acceptors (Lipinski definition) is 2. The molecule has 0 aromatic heterocycles. The second-order valence-corrected chi connectivity index (χ2v) is 4.60. The van der Waals surface area contributed by atoms with Crippen molar-refractivity contribution < 1.29 is 9.53 Å². The van der Waals surface area contributed by atoms with E-state index >= 15 is 0 Å². The molecule has 1 rings (SSSR count). The van der Waals surface area contributed by atoms with Crippen LogP contribution in [-0.2, 0) is 4.74 Å². The molecule has 0 saturated heterocycles. The zero-order chi connectivity index (χ0) is 13.4. The maximum atomic E-state index is 11.5. The zero-order valence-corrected chi connectivity index (χ0v) is 11.5. The normalized spacial score (nSPS) is 10.4. The molecule has 0 radical (unpaired) electrons. The van der Waals surface area contributed by atoms with Crippen LogP contribution < -0.4 is 10.6 Å². The van der Waals surface area contributed by atoms with E-state index < -0.39 is 0 Å². The number of benzene rings is 1. The summed E-state index contributed by atoms with van der Waals surface area (Å²) in [5, 5.41) is 6.05. The molecule has 0 aliphatic heterocycles. The van der Waals surface area contributed by atoms with E-state index in [9.17, 15) is 4.79 Å². The van der Waals surface area contributed by atoms with Crippen LogP contribution in [0.1, 0.15) is 20.3 Å². The van der Waals surface area contributed by atoms with Crippen molar-refractivity contribution in [2.24, 2.45) is 0 Å². The third kappa shape index (κ3) is 6.47. The molecule has 0 atom stereocenters. The van der Waals surface area contributed by atoms with Gasteiger partial charge in [-0.3, -0.25) is 0 Å². The summed E-state index contributed by atoms with van der Waals surface area (Å²) >= 11 is 5.82. The van der Waals surface area contributed by atoms with E-state index in [1.54, 1.807) is 24.3 Å². The van der Waals surface area contributed by atoms with Crippen molar-refractivity contribution >= 4 is 23.3 Å². The van der Waals surface area contributed by atoms with Gasteiger partial charge < -0.3 is 15.4 Å². The summed E-state index contributed by atoms with van der Waals surface area (Å²) in [6, 6.07) is 6.79. The van der Waals surface area contributed by atoms with Gasteiger partial charge in [-0.15, -0.1) is 0 Å². The van der Waals surface area contributed by atoms with Gasteiger partial charge in [0.2, 0.25) is 0 Å². The van der Waals surface area contributed by atoms with Gasteiger partial charge in [-0.25, -0.2) is 4.79 Å². The Morgan fingerprint density at radius 3 is 2.89 bits per heavy atom. The number of urea groups is 1. The molecule has 0 spiro atoms. The van der Waals surface area contributed by atoms with Gasteiger partial charge >= 0.3 is 6.03 Å². The van der Waals surface area contributed by atoms with Gasteiger partial charge in [0.05, 0.1) is 6.10 Å². The highest BCUT2D eigenvalue weighted by atomic mass is 35.5. The van der Waals surface area contributed by atoms with Crippen LogP contribution >= 0.6 is 11.6 Å². The minimum Gasteiger partial charge on any atom is -0.379 e. The number of amides is 2. The first kappa shape index (κ1) is 14.8. The minimum atomic E-state index is -0.234. The predicted octanol–water partition coefficient (Wildman–Crippen LogP) is 3.28. The lowest BCUT2D eigenvalue weighted by Gasteiger charge is -2.09. The smallest absolute Gasteiger partial charge is 0.319 e. The lowest BCUT2D eigenvalue weighted by Crippen LogP contribution is -2.30. The quantitative estimate of drug-likeness (QED) is 0.780. The number of carbonyl (C=O) groups is 1. The first-order valence-corrected chi connectivity index (χ1v) is 6.38. The fraction of sp³-hybridized carbons (Fsp3) is 0.462. The molecular weight excluding hydrogens is 252 g/mol. The van der Waals surface area contributed by atoms with Crippen molar-refractivity contribution in [3.8, 4) is 0 Å². The number of ether oxygens (including phenoxy) is 1. The van der Waals surface area contributed by atoms with Gasteiger partial charge in [0.25, 0.3) is 0 Å². The van der Waals surface area contributed by atoms with Crippen LogP contribution in [0.15, 0.2) is 24.3 Å². The van der Waals surface area contributed by atoms with Crippen LogP contribution in [0.4, 0.5) is 10.5 Å². The fourth-order valence-corrected chi connectivity index (χ4v) is 1.52. The van der Waals surface area contributed by atoms with Crippen molar-refractivity contribution in [2.45, 2.75) is 26.4 Å². The maximum absolute atomic E-state index is 11.5. The number of rotatable bonds is 6. The van der Waals surface area contributed by atoms with Gasteiger partial charge in [-0.05, 0) is 38.5 Å². The average molecular weight is 271 g/mol. The summed E-state index contributed by atoms with van der Waals surface area (Å²) in [5.41, 5.74) is 0.679. The summed E-state index contributed by atoms with van der Waals surface area (Å²) in [6.07, 6.45) is 1.02. The van der Waals surface area contributed by atoms with E-state index in [0.29, 0.717) is 23.9 Å². The molecule has 0 heterocycles. The van der Waals surface area contributed by atoms with Gasteiger partial charge in [0.15, 0.2) is 0 Å². The Morgan fingerprint density at radius 1 is 1.44 bits per heavy atom. The molecule has 0 saturated carbocycles. The van der Waals surface area contributed by atoms with Crippen LogP contribution in [0.5, 0.6) is 0 Å². The second-order valence-electron chi connectivity index (χ2n) is 4.16. The van der Waals surface area contributed by atoms with E-state index in [1.165, 1.54) is 0 Å². The van der Waals surface area contributed by atoms with Crippen molar-refractivity contribution in [3.63, 3.8) is 0 Å². The topological polar surface area (TPSA) is 50.4 Å². The molecule has 0 fully saturated rings. The zero-order valence-electron chi connectivity index (χ0n) is 10.7. The van der Waals surface area contributed by atoms with E-state index in [-0.39, 0.29) is 12.1 Å². The lowest BCUT2D eigenvalue weighted by molar-refractivity contribution is 0.0775. The Morgan fingerprint density at radius 2 is 2.22 bits per heavy atom. The molecule has 1 aromatic rings. The van der Waals surface area contributed by atoms with E-state index in [1.807, 2.05) is 13.8 Å². The highest BCUT2D eigenvalue weighted by Gasteiger charge is 2.01. The number of carbonyl (C=O) groups excluding carboxylic acids is 1. The van der Waals surface area contributed by atoms with Gasteiger partial charge in [-0.1, -0.05) is 17.7 Å². The first-order chi connectivity index (χ1) is 8.58. The van der Waals surface area contributed by atoms with Crippen LogP contribution in [-0.4, -0.2) is 25.3 Å². The van der Waals surface area contributed by atoms with E-state index in [2.05, 4.69) is 10.6 Å². The number of nitrogens with one attached hydrogen (secondary N) is 2. The molecule has 100 valence electrons. The first-order valence-electron chi connectivity index (χ1n) is 6.00. The Kier molecular flexibility index (Phi) is 6.54. The summed E-state index contributed by atoms with van der Waals surface area (Å²) in [6.45, 7) is 5.20. The Hall–Kier alpha value is -1.26. The largest absolute Gasteiger partial charge is 0.379 e. The highest BCUT2D eigenvalue weighted by molar-refractivity contribution is 6.30. The fourth-order valence-electron chi connectivity index (χ4n) is 1.33. The van der Waals surface area contributed by atoms with Gasteiger partial charge in [0, 0.05) is 23.9 Å². The number of halogens is 1. The molecule has 2 N–H and O–H groups in total. The number of anilines is 1. The Bertz CT molecular complexity index is 383. The molecule has 4 nitrogen and oxygen atoms in total. The molecule has 2 amide bonds. The molecule has 0 aliphatic carbocycles. The Labute approximate surface area is 113 Å². The second kappa shape index (κ2) is 7.95. The number of hydrogen-bond donors (Lipinski definition) is 2. The van der Waals surface area contributed by atoms with Crippen LogP contribution in [0, 0.1) is 0 Å². The minimum absolute atomic E-state index is 0.227. The van der Waals surface area contributed by atoms with Gasteiger partial charge in [0.1, 0.15) is 0 Å². The summed E-state index contributed by atoms with van der Waals surface area (Å²) in [7, 11) is 0. The summed E-state index contributed by atoms with van der Waals surface area (Å²) in [4.78, 5) is 11.5. The molecule has 1 aromatic carbocycles. The van der Waals surface area contributed by atoms with Crippen molar-refractivity contribution in [1.82, 2.24) is 5.32 Å². The molecule has 5 heteroatoms. The lowest BCUT2D eigenvalue weighted by atomic mass is 10.3. The van der Waals surface area contributed by atoms with Crippen LogP contribution in [0.3, 0.4) is 0 Å². The van der Waals surface area contributed by atoms with E-state index in [0.717, 1.165) is 6.42 Å². The van der Waals surface area contributed by atoms with Crippen molar-refractivity contribution in [3.05, 3.63) is 29.3 Å². The molecular formula is C13H19ClN2O2. The average Bonchev–Trinajstić information content (AvgIpc) is 2.28. The highest BCUT2D eigenvalue weighted by Crippen LogP contribution is 2.14. The standard InChI is InChI=1S/C13H19ClN2O2/c1-10(2)18-8-4-7-15-13(17)16-12-6-3-5-11(14)9-12/h3,5-6,9-10H,4,7-8H2,1-2H3,(H2,15,16,17). The third-order valence-electron chi connectivity index (χ3n) is 2.14. The molecule has 0 aliphatic rings. The van der Waals surface area contributed by atoms with Crippen molar-refractivity contribution in [1.29, 1.82) is 0 Å². The van der Waals surface area contributed by atoms with Gasteiger partial charge in [-0.2, -0.15) is 0 Å². The molecule has 18 heavy (non-hydrogen) atoms. The summed E-state index contributed by atoms with van der Waals surface area (Å²) < 4.78 is 5.37. The SMILES string of the molecule is CC(C)OCCCNC(=O)Nc1cccc(Cl)c1. The van der Waals surface area contributed by atoms with Crippen molar-refractivity contribution in [2.75, 3.05) is 18.5 Å². The van der Waals surface area contributed by atoms with E-state index in [4.69, 9.17) is 16.3 Å². The Balaban J connectivity index is 2.18. The molecule has 0 unspecified atom stereocenters. The van der Waals surface area contributed by atoms with Crippen LogP contribution in [0.25, 0.3) is 0 Å². The summed E-state index contributed by atoms with van der Waals surface area (Å²) in [5.74, 6) is 0. The third-order valence-corrected chi connectivity index (χ3v) is 2.38. The molecule has 0 bridgehead atoms. The maximum Gasteiger partial charge on any atom is 0.319 e.